The summed E-state index contributed by atoms with van der Waals surface area (Å²) in [6.45, 7) is 8.36. The van der Waals surface area contributed by atoms with E-state index in [9.17, 15) is 9.59 Å². The van der Waals surface area contributed by atoms with Crippen molar-refractivity contribution in [3.05, 3.63) is 83.2 Å². The van der Waals surface area contributed by atoms with Gasteiger partial charge >= 0.3 is 0 Å². The first kappa shape index (κ1) is 22.8. The van der Waals surface area contributed by atoms with Crippen LogP contribution in [0.5, 0.6) is 0 Å². The molecule has 4 aromatic rings. The smallest absolute Gasteiger partial charge is 0.263 e. The van der Waals surface area contributed by atoms with Crippen molar-refractivity contribution < 1.29 is 4.79 Å². The normalized spacial score (nSPS) is 12.3. The Hall–Kier alpha value is -3.39. The average Bonchev–Trinajstić information content (AvgIpc) is 3.24. The Bertz CT molecular complexity index is 1340. The van der Waals surface area contributed by atoms with Gasteiger partial charge < -0.3 is 5.32 Å². The number of hydrogen-bond acceptors (Lipinski definition) is 5. The summed E-state index contributed by atoms with van der Waals surface area (Å²) in [6.07, 6.45) is 2.51. The molecule has 33 heavy (non-hydrogen) atoms. The predicted molar refractivity (Wildman–Crippen MR) is 132 cm³/mol. The van der Waals surface area contributed by atoms with Gasteiger partial charge in [-0.15, -0.1) is 16.8 Å². The first-order chi connectivity index (χ1) is 16.0. The molecule has 0 aliphatic carbocycles. The first-order valence-corrected chi connectivity index (χ1v) is 11.9. The molecule has 0 fully saturated rings. The second-order valence-electron chi connectivity index (χ2n) is 8.29. The maximum absolute atomic E-state index is 12.9. The number of fused-ring (bicyclic) bond motifs is 3. The Labute approximate surface area is 196 Å². The summed E-state index contributed by atoms with van der Waals surface area (Å²) < 4.78 is 3.38. The minimum absolute atomic E-state index is 0.0481. The van der Waals surface area contributed by atoms with Gasteiger partial charge in [0.15, 0.2) is 5.16 Å². The van der Waals surface area contributed by atoms with Crippen LogP contribution in [-0.2, 0) is 11.3 Å². The minimum Gasteiger partial charge on any atom is -0.349 e. The van der Waals surface area contributed by atoms with Crippen LogP contribution in [0.4, 0.5) is 0 Å². The van der Waals surface area contributed by atoms with E-state index < -0.39 is 0 Å². The third kappa shape index (κ3) is 4.85. The van der Waals surface area contributed by atoms with E-state index in [0.717, 1.165) is 12.0 Å². The topological polar surface area (TPSA) is 81.3 Å². The molecule has 8 heteroatoms. The first-order valence-electron chi connectivity index (χ1n) is 10.9. The Balaban J connectivity index is 1.60. The highest BCUT2D eigenvalue weighted by molar-refractivity contribution is 7.99. The maximum Gasteiger partial charge on any atom is 0.263 e. The van der Waals surface area contributed by atoms with Crippen molar-refractivity contribution >= 4 is 34.3 Å². The van der Waals surface area contributed by atoms with E-state index in [0.29, 0.717) is 34.3 Å². The Morgan fingerprint density at radius 1 is 1.12 bits per heavy atom. The number of aromatic nitrogens is 4. The summed E-state index contributed by atoms with van der Waals surface area (Å²) in [5.41, 5.74) is 1.67. The van der Waals surface area contributed by atoms with Crippen molar-refractivity contribution in [3.8, 4) is 0 Å². The summed E-state index contributed by atoms with van der Waals surface area (Å²) in [5, 5.41) is 12.8. The predicted octanol–water partition coefficient (Wildman–Crippen LogP) is 4.23. The van der Waals surface area contributed by atoms with Gasteiger partial charge in [-0.3, -0.25) is 18.6 Å². The molecule has 2 heterocycles. The molecule has 4 rings (SSSR count). The lowest BCUT2D eigenvalue weighted by Gasteiger charge is -2.21. The van der Waals surface area contributed by atoms with Crippen LogP contribution in [0.25, 0.3) is 16.7 Å². The fourth-order valence-corrected chi connectivity index (χ4v) is 4.67. The Morgan fingerprint density at radius 2 is 1.85 bits per heavy atom. The molecule has 2 aromatic carbocycles. The van der Waals surface area contributed by atoms with E-state index in [-0.39, 0.29) is 23.3 Å². The lowest BCUT2D eigenvalue weighted by atomic mass is 9.97. The number of nitrogens with one attached hydrogen (secondary N) is 1. The van der Waals surface area contributed by atoms with Crippen LogP contribution in [0.3, 0.4) is 0 Å². The van der Waals surface area contributed by atoms with Gasteiger partial charge in [0.05, 0.1) is 22.7 Å². The van der Waals surface area contributed by atoms with Gasteiger partial charge in [-0.25, -0.2) is 0 Å². The third-order valence-corrected chi connectivity index (χ3v) is 6.30. The zero-order valence-corrected chi connectivity index (χ0v) is 19.6. The molecule has 0 spiro atoms. The monoisotopic (exact) mass is 461 g/mol. The largest absolute Gasteiger partial charge is 0.349 e. The van der Waals surface area contributed by atoms with E-state index in [1.807, 2.05) is 52.9 Å². The highest BCUT2D eigenvalue weighted by Gasteiger charge is 2.19. The van der Waals surface area contributed by atoms with E-state index in [1.54, 1.807) is 16.7 Å². The molecular formula is C25H27N5O2S. The lowest BCUT2D eigenvalue weighted by Crippen LogP contribution is -2.31. The lowest BCUT2D eigenvalue weighted by molar-refractivity contribution is -0.119. The molecule has 1 N–H and O–H groups in total. The van der Waals surface area contributed by atoms with Crippen LogP contribution in [0.2, 0.25) is 0 Å². The van der Waals surface area contributed by atoms with Gasteiger partial charge in [-0.05, 0) is 30.0 Å². The molecule has 0 saturated heterocycles. The number of hydrogen-bond donors (Lipinski definition) is 1. The summed E-state index contributed by atoms with van der Waals surface area (Å²) in [4.78, 5) is 25.8. The number of carbonyl (C=O) groups is 1. The van der Waals surface area contributed by atoms with Crippen molar-refractivity contribution in [1.29, 1.82) is 0 Å². The standard InChI is InChI=1S/C25H27N5O2S/c1-4-14-29-23(32)19-12-8-9-13-21(19)30-24(29)27-28-25(30)33-16-22(31)26-20(15-17(2)3)18-10-6-5-7-11-18/h4-13,17,20H,1,14-16H2,2-3H3,(H,26,31). The second kappa shape index (κ2) is 10.0. The van der Waals surface area contributed by atoms with Gasteiger partial charge in [-0.2, -0.15) is 0 Å². The molecule has 0 aliphatic rings. The highest BCUT2D eigenvalue weighted by atomic mass is 32.2. The van der Waals surface area contributed by atoms with Gasteiger partial charge in [0.25, 0.3) is 5.56 Å². The Morgan fingerprint density at radius 3 is 2.58 bits per heavy atom. The SMILES string of the molecule is C=CCn1c(=O)c2ccccc2n2c(SCC(=O)NC(CC(C)C)c3ccccc3)nnc12. The third-order valence-electron chi connectivity index (χ3n) is 5.37. The fraction of sp³-hybridized carbons (Fsp3) is 0.280. The molecule has 1 amide bonds. The number of benzene rings is 2. The van der Waals surface area contributed by atoms with Gasteiger partial charge in [-0.1, -0.05) is 74.1 Å². The van der Waals surface area contributed by atoms with Gasteiger partial charge in [0, 0.05) is 6.54 Å². The van der Waals surface area contributed by atoms with Crippen molar-refractivity contribution in [2.75, 3.05) is 5.75 Å². The molecule has 0 bridgehead atoms. The summed E-state index contributed by atoms with van der Waals surface area (Å²) >= 11 is 1.30. The van der Waals surface area contributed by atoms with E-state index in [4.69, 9.17) is 0 Å². The van der Waals surface area contributed by atoms with Crippen LogP contribution in [0, 0.1) is 5.92 Å². The van der Waals surface area contributed by atoms with E-state index >= 15 is 0 Å². The Kier molecular flexibility index (Phi) is 6.93. The molecule has 0 radical (unpaired) electrons. The molecule has 7 nitrogen and oxygen atoms in total. The quantitative estimate of drug-likeness (QED) is 0.298. The molecule has 170 valence electrons. The number of allylic oxidation sites excluding steroid dienone is 1. The number of amides is 1. The van der Waals surface area contributed by atoms with Crippen molar-refractivity contribution in [3.63, 3.8) is 0 Å². The average molecular weight is 462 g/mol. The number of nitrogens with zero attached hydrogens (tertiary/aromatic N) is 4. The van der Waals surface area contributed by atoms with Gasteiger partial charge in [0.1, 0.15) is 0 Å². The second-order valence-corrected chi connectivity index (χ2v) is 9.23. The number of carbonyl (C=O) groups excluding carboxylic acids is 1. The van der Waals surface area contributed by atoms with Crippen LogP contribution in [0.1, 0.15) is 31.9 Å². The van der Waals surface area contributed by atoms with Crippen LogP contribution in [-0.4, -0.2) is 30.8 Å². The zero-order valence-electron chi connectivity index (χ0n) is 18.8. The van der Waals surface area contributed by atoms with Crippen molar-refractivity contribution in [2.24, 2.45) is 5.92 Å². The molecule has 1 atom stereocenters. The molecular weight excluding hydrogens is 434 g/mol. The number of thioether (sulfide) groups is 1. The molecule has 1 unspecified atom stereocenters. The summed E-state index contributed by atoms with van der Waals surface area (Å²) in [7, 11) is 0. The zero-order chi connectivity index (χ0) is 23.4. The van der Waals surface area contributed by atoms with Crippen molar-refractivity contribution in [1.82, 2.24) is 24.5 Å². The molecule has 0 aliphatic heterocycles. The summed E-state index contributed by atoms with van der Waals surface area (Å²) in [6, 6.07) is 17.3. The van der Waals surface area contributed by atoms with E-state index in [2.05, 4.69) is 35.9 Å². The summed E-state index contributed by atoms with van der Waals surface area (Å²) in [5.74, 6) is 0.993. The van der Waals surface area contributed by atoms with Crippen LogP contribution < -0.4 is 10.9 Å². The fourth-order valence-electron chi connectivity index (χ4n) is 3.92. The number of rotatable bonds is 9. The van der Waals surface area contributed by atoms with E-state index in [1.165, 1.54) is 11.8 Å². The van der Waals surface area contributed by atoms with Crippen LogP contribution >= 0.6 is 11.8 Å². The van der Waals surface area contributed by atoms with Crippen LogP contribution in [0.15, 0.2) is 77.2 Å². The number of para-hydroxylation sites is 1. The maximum atomic E-state index is 12.9. The molecule has 2 aromatic heterocycles. The van der Waals surface area contributed by atoms with Gasteiger partial charge in [0.2, 0.25) is 11.7 Å². The molecule has 0 saturated carbocycles. The van der Waals surface area contributed by atoms with Crippen molar-refractivity contribution in [2.45, 2.75) is 38.0 Å². The minimum atomic E-state index is -0.140. The highest BCUT2D eigenvalue weighted by Crippen LogP contribution is 2.24.